The summed E-state index contributed by atoms with van der Waals surface area (Å²) >= 11 is 0. The number of nitrogens with one attached hydrogen (secondary N) is 1. The normalized spacial score (nSPS) is 9.85. The minimum Gasteiger partial charge on any atom is -0.461 e. The number of benzene rings is 1. The molecule has 0 saturated heterocycles. The molecule has 0 aliphatic carbocycles. The van der Waals surface area contributed by atoms with Crippen LogP contribution in [0.2, 0.25) is 0 Å². The Morgan fingerprint density at radius 3 is 3.10 bits per heavy atom. The fraction of sp³-hybridized carbons (Fsp3) is 0.154. The minimum absolute atomic E-state index is 0.00923. The fourth-order valence-corrected chi connectivity index (χ4v) is 1.46. The summed E-state index contributed by atoms with van der Waals surface area (Å²) in [5, 5.41) is 11.6. The summed E-state index contributed by atoms with van der Waals surface area (Å²) in [7, 11) is 0. The Hall–Kier alpha value is -2.88. The van der Waals surface area contributed by atoms with Crippen LogP contribution in [0, 0.1) is 17.1 Å². The van der Waals surface area contributed by atoms with Crippen molar-refractivity contribution in [1.82, 2.24) is 4.98 Å². The number of carbonyl (C=O) groups excluding carboxylic acids is 1. The molecule has 0 unspecified atom stereocenters. The van der Waals surface area contributed by atoms with Crippen LogP contribution in [0.5, 0.6) is 0 Å². The molecule has 0 amide bonds. The van der Waals surface area contributed by atoms with Crippen LogP contribution in [-0.2, 0) is 4.74 Å². The summed E-state index contributed by atoms with van der Waals surface area (Å²) in [5.74, 6) is -1.13. The molecule has 0 aliphatic rings. The zero-order chi connectivity index (χ0) is 14.5. The van der Waals surface area contributed by atoms with Crippen LogP contribution in [0.25, 0.3) is 0 Å². The number of nitrogens with zero attached hydrogens (tertiary/aromatic N) is 2. The number of esters is 1. The van der Waals surface area contributed by atoms with Gasteiger partial charge in [0.05, 0.1) is 17.9 Å². The Morgan fingerprint density at radius 1 is 1.60 bits per heavy atom. The molecule has 1 heterocycles. The number of nitriles is 1. The Bertz CT molecular complexity index is 676. The molecular weight excluding hydrogens is 265 g/mol. The molecule has 2 rings (SSSR count). The number of halogens is 1. The van der Waals surface area contributed by atoms with Crippen molar-refractivity contribution in [2.45, 2.75) is 6.92 Å². The highest BCUT2D eigenvalue weighted by Gasteiger charge is 2.14. The number of aromatic nitrogens is 1. The first-order chi connectivity index (χ1) is 9.63. The summed E-state index contributed by atoms with van der Waals surface area (Å²) in [6.45, 7) is 1.90. The molecule has 20 heavy (non-hydrogen) atoms. The summed E-state index contributed by atoms with van der Waals surface area (Å²) < 4.78 is 22.8. The zero-order valence-corrected chi connectivity index (χ0v) is 10.5. The van der Waals surface area contributed by atoms with Crippen LogP contribution in [0.15, 0.2) is 28.9 Å². The van der Waals surface area contributed by atoms with E-state index in [-0.39, 0.29) is 23.9 Å². The fourth-order valence-electron chi connectivity index (χ4n) is 1.46. The predicted octanol–water partition coefficient (Wildman–Crippen LogP) is 2.61. The lowest BCUT2D eigenvalue weighted by atomic mass is 10.2. The Kier molecular flexibility index (Phi) is 3.96. The van der Waals surface area contributed by atoms with E-state index in [0.717, 1.165) is 12.3 Å². The van der Waals surface area contributed by atoms with Crippen LogP contribution in [0.3, 0.4) is 0 Å². The molecule has 2 aromatic rings. The molecular formula is C13H10FN3O3. The molecule has 0 fully saturated rings. The third-order valence-corrected chi connectivity index (χ3v) is 2.33. The smallest absolute Gasteiger partial charge is 0.360 e. The van der Waals surface area contributed by atoms with E-state index in [4.69, 9.17) is 14.4 Å². The van der Waals surface area contributed by atoms with Crippen molar-refractivity contribution in [1.29, 1.82) is 5.26 Å². The number of anilines is 2. The van der Waals surface area contributed by atoms with Crippen LogP contribution in [0.4, 0.5) is 16.1 Å². The summed E-state index contributed by atoms with van der Waals surface area (Å²) in [6.07, 6.45) is 1.13. The highest BCUT2D eigenvalue weighted by molar-refractivity contribution is 5.87. The lowest BCUT2D eigenvalue weighted by Gasteiger charge is -2.03. The third kappa shape index (κ3) is 2.92. The quantitative estimate of drug-likeness (QED) is 0.863. The van der Waals surface area contributed by atoms with Gasteiger partial charge in [0, 0.05) is 0 Å². The minimum atomic E-state index is -0.607. The van der Waals surface area contributed by atoms with Crippen LogP contribution in [-0.4, -0.2) is 17.6 Å². The second kappa shape index (κ2) is 5.84. The number of hydrogen-bond acceptors (Lipinski definition) is 6. The highest BCUT2D eigenvalue weighted by atomic mass is 19.1. The van der Waals surface area contributed by atoms with E-state index in [9.17, 15) is 9.18 Å². The van der Waals surface area contributed by atoms with Gasteiger partial charge in [0.15, 0.2) is 5.69 Å². The lowest BCUT2D eigenvalue weighted by Crippen LogP contribution is -2.05. The van der Waals surface area contributed by atoms with Gasteiger partial charge in [0.25, 0.3) is 6.01 Å². The highest BCUT2D eigenvalue weighted by Crippen LogP contribution is 2.21. The van der Waals surface area contributed by atoms with Gasteiger partial charge < -0.3 is 14.5 Å². The number of hydrogen-bond donors (Lipinski definition) is 1. The largest absolute Gasteiger partial charge is 0.461 e. The molecule has 1 aromatic heterocycles. The molecule has 0 saturated carbocycles. The summed E-state index contributed by atoms with van der Waals surface area (Å²) in [5.41, 5.74) is 0.432. The van der Waals surface area contributed by atoms with Gasteiger partial charge >= 0.3 is 5.97 Å². The SMILES string of the molecule is CCOC(=O)c1coc(Nc2ccc(F)cc2C#N)n1. The predicted molar refractivity (Wildman–Crippen MR) is 66.9 cm³/mol. The van der Waals surface area contributed by atoms with E-state index >= 15 is 0 Å². The van der Waals surface area contributed by atoms with Crippen molar-refractivity contribution >= 4 is 17.7 Å². The van der Waals surface area contributed by atoms with Gasteiger partial charge in [-0.15, -0.1) is 0 Å². The number of ether oxygens (including phenoxy) is 1. The van der Waals surface area contributed by atoms with E-state index in [1.807, 2.05) is 6.07 Å². The molecule has 102 valence electrons. The van der Waals surface area contributed by atoms with Crippen molar-refractivity contribution in [3.8, 4) is 6.07 Å². The number of carbonyl (C=O) groups is 1. The van der Waals surface area contributed by atoms with Gasteiger partial charge in [-0.05, 0) is 25.1 Å². The molecule has 6 nitrogen and oxygen atoms in total. The van der Waals surface area contributed by atoms with Crippen molar-refractivity contribution in [3.63, 3.8) is 0 Å². The zero-order valence-electron chi connectivity index (χ0n) is 10.5. The maximum absolute atomic E-state index is 13.0. The van der Waals surface area contributed by atoms with Gasteiger partial charge in [0.1, 0.15) is 18.1 Å². The van der Waals surface area contributed by atoms with E-state index < -0.39 is 11.8 Å². The summed E-state index contributed by atoms with van der Waals surface area (Å²) in [4.78, 5) is 15.3. The van der Waals surface area contributed by atoms with Crippen LogP contribution >= 0.6 is 0 Å². The van der Waals surface area contributed by atoms with Crippen molar-refractivity contribution in [2.75, 3.05) is 11.9 Å². The van der Waals surface area contributed by atoms with E-state index in [1.54, 1.807) is 6.92 Å². The number of rotatable bonds is 4. The second-order valence-corrected chi connectivity index (χ2v) is 3.69. The molecule has 0 radical (unpaired) electrons. The average molecular weight is 275 g/mol. The van der Waals surface area contributed by atoms with Gasteiger partial charge in [-0.25, -0.2) is 9.18 Å². The first-order valence-corrected chi connectivity index (χ1v) is 5.73. The van der Waals surface area contributed by atoms with Gasteiger partial charge in [-0.3, -0.25) is 0 Å². The van der Waals surface area contributed by atoms with Crippen molar-refractivity contribution < 1.29 is 18.3 Å². The van der Waals surface area contributed by atoms with E-state index in [2.05, 4.69) is 10.3 Å². The van der Waals surface area contributed by atoms with E-state index in [0.29, 0.717) is 5.69 Å². The Morgan fingerprint density at radius 2 is 2.40 bits per heavy atom. The Balaban J connectivity index is 2.19. The van der Waals surface area contributed by atoms with Gasteiger partial charge in [-0.2, -0.15) is 10.2 Å². The first-order valence-electron chi connectivity index (χ1n) is 5.73. The first kappa shape index (κ1) is 13.5. The van der Waals surface area contributed by atoms with Crippen molar-refractivity contribution in [3.05, 3.63) is 41.5 Å². The van der Waals surface area contributed by atoms with Crippen molar-refractivity contribution in [2.24, 2.45) is 0 Å². The maximum Gasteiger partial charge on any atom is 0.360 e. The molecule has 1 N–H and O–H groups in total. The third-order valence-electron chi connectivity index (χ3n) is 2.33. The second-order valence-electron chi connectivity index (χ2n) is 3.69. The number of oxazole rings is 1. The maximum atomic E-state index is 13.0. The summed E-state index contributed by atoms with van der Waals surface area (Å²) in [6, 6.07) is 5.50. The molecule has 7 heteroatoms. The molecule has 0 spiro atoms. The average Bonchev–Trinajstić information content (AvgIpc) is 2.89. The molecule has 0 aliphatic heterocycles. The monoisotopic (exact) mass is 275 g/mol. The molecule has 0 bridgehead atoms. The van der Waals surface area contributed by atoms with Gasteiger partial charge in [-0.1, -0.05) is 0 Å². The van der Waals surface area contributed by atoms with Crippen LogP contribution < -0.4 is 5.32 Å². The van der Waals surface area contributed by atoms with E-state index in [1.165, 1.54) is 12.1 Å². The van der Waals surface area contributed by atoms with Crippen LogP contribution in [0.1, 0.15) is 23.0 Å². The topological polar surface area (TPSA) is 88.1 Å². The molecule has 1 aromatic carbocycles. The Labute approximate surface area is 113 Å². The standard InChI is InChI=1S/C13H10FN3O3/c1-2-19-12(18)11-7-20-13(17-11)16-10-4-3-9(14)5-8(10)6-15/h3-5,7H,2H2,1H3,(H,16,17). The molecule has 0 atom stereocenters. The van der Waals surface area contributed by atoms with Gasteiger partial charge in [0.2, 0.25) is 0 Å². The lowest BCUT2D eigenvalue weighted by molar-refractivity contribution is 0.0519.